The maximum absolute atomic E-state index is 5.21. The van der Waals surface area contributed by atoms with Crippen LogP contribution in [-0.4, -0.2) is 38.6 Å². The van der Waals surface area contributed by atoms with E-state index in [1.807, 2.05) is 0 Å². The van der Waals surface area contributed by atoms with Crippen molar-refractivity contribution in [2.24, 2.45) is 15.4 Å². The summed E-state index contributed by atoms with van der Waals surface area (Å²) in [5, 5.41) is 0. The predicted molar refractivity (Wildman–Crippen MR) is 57.0 cm³/mol. The number of nitrogens with zero attached hydrogens (tertiary/aromatic N) is 2. The van der Waals surface area contributed by atoms with Crippen LogP contribution < -0.4 is 0 Å². The average molecular weight is 198 g/mol. The minimum atomic E-state index is -0.0452. The number of rotatable bonds is 0. The second-order valence-corrected chi connectivity index (χ2v) is 4.35. The lowest BCUT2D eigenvalue weighted by molar-refractivity contribution is 0.296. The van der Waals surface area contributed by atoms with Gasteiger partial charge in [0.05, 0.1) is 14.2 Å². The van der Waals surface area contributed by atoms with E-state index in [0.717, 1.165) is 0 Å². The topological polar surface area (TPSA) is 43.2 Å². The van der Waals surface area contributed by atoms with Crippen molar-refractivity contribution in [3.8, 4) is 0 Å². The molecule has 4 heteroatoms. The van der Waals surface area contributed by atoms with Gasteiger partial charge in [0.2, 0.25) is 11.8 Å². The molecule has 1 unspecified atom stereocenters. The molecule has 0 N–H and O–H groups in total. The highest BCUT2D eigenvalue weighted by molar-refractivity contribution is 5.92. The average Bonchev–Trinajstić information content (AvgIpc) is 2.15. The summed E-state index contributed by atoms with van der Waals surface area (Å²) in [5.41, 5.74) is -0.000949. The van der Waals surface area contributed by atoms with Gasteiger partial charge >= 0.3 is 0 Å². The second-order valence-electron chi connectivity index (χ2n) is 4.35. The molecule has 0 aromatic heterocycles. The van der Waals surface area contributed by atoms with Gasteiger partial charge in [-0.05, 0) is 5.41 Å². The Hall–Kier alpha value is -1.06. The van der Waals surface area contributed by atoms with Gasteiger partial charge in [0.15, 0.2) is 0 Å². The summed E-state index contributed by atoms with van der Waals surface area (Å²) in [7, 11) is 3.25. The fourth-order valence-electron chi connectivity index (χ4n) is 1.33. The van der Waals surface area contributed by atoms with Crippen molar-refractivity contribution in [3.05, 3.63) is 0 Å². The molecular formula is C10H18N2O2. The molecule has 0 saturated heterocycles. The van der Waals surface area contributed by atoms with E-state index in [2.05, 4.69) is 30.8 Å². The number of aliphatic imine (C=N–C) groups is 2. The quantitative estimate of drug-likeness (QED) is 0.592. The molecule has 0 bridgehead atoms. The molecule has 80 valence electrons. The van der Waals surface area contributed by atoms with E-state index in [1.165, 1.54) is 0 Å². The molecule has 1 atom stereocenters. The lowest BCUT2D eigenvalue weighted by atomic mass is 9.86. The predicted octanol–water partition coefficient (Wildman–Crippen LogP) is 1.50. The molecule has 1 heterocycles. The maximum Gasteiger partial charge on any atom is 0.209 e. The third-order valence-corrected chi connectivity index (χ3v) is 2.14. The van der Waals surface area contributed by atoms with Crippen LogP contribution in [0.15, 0.2) is 9.98 Å². The zero-order chi connectivity index (χ0) is 10.8. The van der Waals surface area contributed by atoms with E-state index in [-0.39, 0.29) is 11.5 Å². The second kappa shape index (κ2) is 3.98. The molecular weight excluding hydrogens is 180 g/mol. The van der Waals surface area contributed by atoms with Gasteiger partial charge in [-0.2, -0.15) is 0 Å². The van der Waals surface area contributed by atoms with Gasteiger partial charge in [-0.3, -0.25) is 0 Å². The first-order valence-electron chi connectivity index (χ1n) is 4.68. The van der Waals surface area contributed by atoms with Crippen molar-refractivity contribution in [1.29, 1.82) is 0 Å². The first-order valence-corrected chi connectivity index (χ1v) is 4.68. The summed E-state index contributed by atoms with van der Waals surface area (Å²) in [4.78, 5) is 8.75. The van der Waals surface area contributed by atoms with Crippen LogP contribution in [0, 0.1) is 5.41 Å². The first kappa shape index (κ1) is 11.0. The van der Waals surface area contributed by atoms with E-state index in [0.29, 0.717) is 18.3 Å². The molecule has 0 aromatic rings. The maximum atomic E-state index is 5.21. The van der Waals surface area contributed by atoms with Crippen molar-refractivity contribution >= 4 is 11.8 Å². The van der Waals surface area contributed by atoms with Gasteiger partial charge in [0.25, 0.3) is 0 Å². The molecule has 1 aliphatic heterocycles. The summed E-state index contributed by atoms with van der Waals surface area (Å²) in [6.45, 7) is 6.79. The fraction of sp³-hybridized carbons (Fsp3) is 0.800. The van der Waals surface area contributed by atoms with Crippen molar-refractivity contribution in [1.82, 2.24) is 0 Å². The first-order chi connectivity index (χ1) is 6.49. The van der Waals surface area contributed by atoms with Gasteiger partial charge in [-0.25, -0.2) is 9.98 Å². The van der Waals surface area contributed by atoms with E-state index >= 15 is 0 Å². The fourth-order valence-corrected chi connectivity index (χ4v) is 1.33. The summed E-state index contributed by atoms with van der Waals surface area (Å²) >= 11 is 0. The lowest BCUT2D eigenvalue weighted by Gasteiger charge is -2.29. The zero-order valence-corrected chi connectivity index (χ0v) is 9.50. The van der Waals surface area contributed by atoms with E-state index in [1.54, 1.807) is 14.2 Å². The van der Waals surface area contributed by atoms with Crippen LogP contribution in [0.5, 0.6) is 0 Å². The molecule has 0 spiro atoms. The van der Waals surface area contributed by atoms with Crippen molar-refractivity contribution in [2.75, 3.05) is 20.8 Å². The third-order valence-electron chi connectivity index (χ3n) is 2.14. The van der Waals surface area contributed by atoms with E-state index < -0.39 is 0 Å². The highest BCUT2D eigenvalue weighted by atomic mass is 16.5. The Morgan fingerprint density at radius 2 is 1.86 bits per heavy atom. The van der Waals surface area contributed by atoms with Crippen LogP contribution >= 0.6 is 0 Å². The SMILES string of the molecule is COC1=NC(C(C)(C)C)C(OC)=NC1. The molecule has 0 saturated carbocycles. The number of ether oxygens (including phenoxy) is 2. The summed E-state index contributed by atoms with van der Waals surface area (Å²) in [6, 6.07) is -0.0452. The Kier molecular flexibility index (Phi) is 3.13. The highest BCUT2D eigenvalue weighted by Gasteiger charge is 2.32. The summed E-state index contributed by atoms with van der Waals surface area (Å²) < 4.78 is 10.3. The molecule has 0 amide bonds. The monoisotopic (exact) mass is 198 g/mol. The number of methoxy groups -OCH3 is 2. The standard InChI is InChI=1S/C10H18N2O2/c1-10(2,3)8-9(14-5)11-6-7(12-8)13-4/h8H,6H2,1-5H3. The zero-order valence-electron chi connectivity index (χ0n) is 9.50. The van der Waals surface area contributed by atoms with Crippen molar-refractivity contribution in [3.63, 3.8) is 0 Å². The van der Waals surface area contributed by atoms with Crippen LogP contribution in [0.3, 0.4) is 0 Å². The molecule has 0 aromatic carbocycles. The minimum absolute atomic E-state index is 0.000949. The molecule has 0 radical (unpaired) electrons. The third kappa shape index (κ3) is 2.25. The summed E-state index contributed by atoms with van der Waals surface area (Å²) in [6.07, 6.45) is 0. The van der Waals surface area contributed by atoms with Gasteiger partial charge in [0.1, 0.15) is 12.6 Å². The molecule has 0 aliphatic carbocycles. The minimum Gasteiger partial charge on any atom is -0.483 e. The molecule has 0 fully saturated rings. The Morgan fingerprint density at radius 3 is 2.29 bits per heavy atom. The smallest absolute Gasteiger partial charge is 0.209 e. The Morgan fingerprint density at radius 1 is 1.21 bits per heavy atom. The lowest BCUT2D eigenvalue weighted by Crippen LogP contribution is -2.38. The molecule has 4 nitrogen and oxygen atoms in total. The molecule has 1 rings (SSSR count). The van der Waals surface area contributed by atoms with Gasteiger partial charge < -0.3 is 9.47 Å². The largest absolute Gasteiger partial charge is 0.483 e. The van der Waals surface area contributed by atoms with Gasteiger partial charge in [0, 0.05) is 0 Å². The highest BCUT2D eigenvalue weighted by Crippen LogP contribution is 2.25. The molecule has 14 heavy (non-hydrogen) atoms. The Bertz CT molecular complexity index is 264. The van der Waals surface area contributed by atoms with E-state index in [4.69, 9.17) is 9.47 Å². The van der Waals surface area contributed by atoms with Crippen LogP contribution in [0.2, 0.25) is 0 Å². The Balaban J connectivity index is 2.91. The van der Waals surface area contributed by atoms with Crippen LogP contribution in [0.4, 0.5) is 0 Å². The van der Waals surface area contributed by atoms with Crippen LogP contribution in [-0.2, 0) is 9.47 Å². The Labute approximate surface area is 85.0 Å². The number of hydrogen-bond acceptors (Lipinski definition) is 4. The van der Waals surface area contributed by atoms with Crippen molar-refractivity contribution < 1.29 is 9.47 Å². The van der Waals surface area contributed by atoms with Gasteiger partial charge in [-0.1, -0.05) is 20.8 Å². The van der Waals surface area contributed by atoms with E-state index in [9.17, 15) is 0 Å². The van der Waals surface area contributed by atoms with Crippen LogP contribution in [0.1, 0.15) is 20.8 Å². The van der Waals surface area contributed by atoms with Gasteiger partial charge in [-0.15, -0.1) is 0 Å². The number of hydrogen-bond donors (Lipinski definition) is 0. The van der Waals surface area contributed by atoms with Crippen molar-refractivity contribution in [2.45, 2.75) is 26.8 Å². The van der Waals surface area contributed by atoms with Crippen LogP contribution in [0.25, 0.3) is 0 Å². The normalized spacial score (nSPS) is 22.5. The summed E-state index contributed by atoms with van der Waals surface area (Å²) in [5.74, 6) is 1.36. The molecule has 1 aliphatic rings.